The molecule has 35 heavy (non-hydrogen) atoms. The van der Waals surface area contributed by atoms with Crippen LogP contribution in [0.1, 0.15) is 91.0 Å². The average molecular weight is 487 g/mol. The summed E-state index contributed by atoms with van der Waals surface area (Å²) >= 11 is 0. The summed E-state index contributed by atoms with van der Waals surface area (Å²) in [6.07, 6.45) is 10.6. The van der Waals surface area contributed by atoms with Crippen molar-refractivity contribution in [1.29, 1.82) is 0 Å². The van der Waals surface area contributed by atoms with Crippen LogP contribution in [0.25, 0.3) is 0 Å². The summed E-state index contributed by atoms with van der Waals surface area (Å²) in [6.45, 7) is 9.38. The van der Waals surface area contributed by atoms with E-state index in [-0.39, 0.29) is 11.3 Å². The van der Waals surface area contributed by atoms with Gasteiger partial charge in [-0.3, -0.25) is 9.69 Å². The van der Waals surface area contributed by atoms with Crippen LogP contribution in [0, 0.1) is 11.3 Å². The van der Waals surface area contributed by atoms with Crippen molar-refractivity contribution in [3.8, 4) is 5.75 Å². The number of ether oxygens (including phenoxy) is 1. The highest BCUT2D eigenvalue weighted by molar-refractivity contribution is 5.87. The van der Waals surface area contributed by atoms with Gasteiger partial charge in [0, 0.05) is 30.5 Å². The monoisotopic (exact) mass is 486 g/mol. The summed E-state index contributed by atoms with van der Waals surface area (Å²) < 4.78 is 5.27. The molecule has 1 N–H and O–H groups in total. The number of hydrogen-bond donors (Lipinski definition) is 1. The summed E-state index contributed by atoms with van der Waals surface area (Å²) in [5, 5.41) is 10.1. The van der Waals surface area contributed by atoms with Gasteiger partial charge < -0.3 is 14.7 Å². The van der Waals surface area contributed by atoms with E-state index >= 15 is 0 Å². The number of carbonyl (C=O) groups excluding carboxylic acids is 1. The number of unbranched alkanes of at least 4 members (excludes halogenated alkanes) is 2. The van der Waals surface area contributed by atoms with E-state index < -0.39 is 17.7 Å². The highest BCUT2D eigenvalue weighted by Crippen LogP contribution is 2.49. The van der Waals surface area contributed by atoms with Crippen molar-refractivity contribution in [2.24, 2.45) is 11.3 Å². The summed E-state index contributed by atoms with van der Waals surface area (Å²) in [7, 11) is 1.62. The number of carbonyl (C=O) groups is 2. The highest BCUT2D eigenvalue weighted by Gasteiger charge is 2.52. The molecule has 6 nitrogen and oxygen atoms in total. The van der Waals surface area contributed by atoms with Crippen LogP contribution in [-0.2, 0) is 11.2 Å². The molecule has 0 radical (unpaired) electrons. The quantitative estimate of drug-likeness (QED) is 0.390. The Bertz CT molecular complexity index is 833. The maximum absolute atomic E-state index is 13.9. The maximum Gasteiger partial charge on any atom is 0.408 e. The van der Waals surface area contributed by atoms with E-state index in [9.17, 15) is 14.7 Å². The minimum Gasteiger partial charge on any atom is -0.497 e. The zero-order valence-electron chi connectivity index (χ0n) is 22.5. The van der Waals surface area contributed by atoms with E-state index in [1.807, 2.05) is 49.9 Å². The van der Waals surface area contributed by atoms with Gasteiger partial charge in [-0.15, -0.1) is 0 Å². The van der Waals surface area contributed by atoms with Gasteiger partial charge in [-0.2, -0.15) is 0 Å². The van der Waals surface area contributed by atoms with Crippen molar-refractivity contribution in [3.63, 3.8) is 0 Å². The molecule has 2 amide bonds. The SMILES string of the molecule is CCCCCC1(C2CCCCC2)CN(C(=O)C(Cc2ccc(OC)cc2)N(C(=O)O)C(C)(C)C)C1. The fraction of sp³-hybridized carbons (Fsp3) is 0.724. The van der Waals surface area contributed by atoms with Crippen LogP contribution < -0.4 is 4.74 Å². The lowest BCUT2D eigenvalue weighted by Gasteiger charge is -2.57. The van der Waals surface area contributed by atoms with Crippen LogP contribution in [0.4, 0.5) is 4.79 Å². The molecule has 1 heterocycles. The number of hydrogen-bond acceptors (Lipinski definition) is 3. The van der Waals surface area contributed by atoms with Crippen LogP contribution in [0.3, 0.4) is 0 Å². The first-order valence-electron chi connectivity index (χ1n) is 13.6. The molecule has 0 spiro atoms. The highest BCUT2D eigenvalue weighted by atomic mass is 16.5. The summed E-state index contributed by atoms with van der Waals surface area (Å²) in [5.74, 6) is 1.38. The smallest absolute Gasteiger partial charge is 0.408 e. The van der Waals surface area contributed by atoms with Crippen molar-refractivity contribution in [2.45, 2.75) is 103 Å². The van der Waals surface area contributed by atoms with Gasteiger partial charge in [-0.05, 0) is 63.6 Å². The fourth-order valence-electron chi connectivity index (χ4n) is 6.30. The van der Waals surface area contributed by atoms with Crippen molar-refractivity contribution in [2.75, 3.05) is 20.2 Å². The van der Waals surface area contributed by atoms with Crippen molar-refractivity contribution >= 4 is 12.0 Å². The topological polar surface area (TPSA) is 70.1 Å². The van der Waals surface area contributed by atoms with E-state index in [1.165, 1.54) is 62.7 Å². The van der Waals surface area contributed by atoms with Gasteiger partial charge in [0.1, 0.15) is 11.8 Å². The number of amides is 2. The third-order valence-corrected chi connectivity index (χ3v) is 8.19. The Morgan fingerprint density at radius 2 is 1.74 bits per heavy atom. The van der Waals surface area contributed by atoms with Crippen LogP contribution in [0.5, 0.6) is 5.75 Å². The van der Waals surface area contributed by atoms with E-state index in [1.54, 1.807) is 7.11 Å². The molecule has 1 atom stereocenters. The summed E-state index contributed by atoms with van der Waals surface area (Å²) in [5.41, 5.74) is 0.457. The number of methoxy groups -OCH3 is 1. The Morgan fingerprint density at radius 3 is 2.26 bits per heavy atom. The molecule has 0 aromatic heterocycles. The molecule has 1 saturated carbocycles. The Balaban J connectivity index is 1.82. The zero-order valence-corrected chi connectivity index (χ0v) is 22.5. The normalized spacial score (nSPS) is 19.1. The second-order valence-corrected chi connectivity index (χ2v) is 11.7. The zero-order chi connectivity index (χ0) is 25.6. The molecular weight excluding hydrogens is 440 g/mol. The van der Waals surface area contributed by atoms with Gasteiger partial charge in [0.15, 0.2) is 0 Å². The van der Waals surface area contributed by atoms with Crippen LogP contribution in [0.2, 0.25) is 0 Å². The summed E-state index contributed by atoms with van der Waals surface area (Å²) in [6, 6.07) is 6.83. The third kappa shape index (κ3) is 6.50. The Hall–Kier alpha value is -2.24. The fourth-order valence-corrected chi connectivity index (χ4v) is 6.30. The average Bonchev–Trinajstić information content (AvgIpc) is 2.80. The van der Waals surface area contributed by atoms with E-state index in [0.717, 1.165) is 24.4 Å². The van der Waals surface area contributed by atoms with Crippen LogP contribution in [0.15, 0.2) is 24.3 Å². The molecule has 0 bridgehead atoms. The van der Waals surface area contributed by atoms with E-state index in [4.69, 9.17) is 4.74 Å². The summed E-state index contributed by atoms with van der Waals surface area (Å²) in [4.78, 5) is 29.7. The van der Waals surface area contributed by atoms with Crippen molar-refractivity contribution < 1.29 is 19.4 Å². The second-order valence-electron chi connectivity index (χ2n) is 11.7. The minimum atomic E-state index is -1.05. The molecule has 1 unspecified atom stereocenters. The maximum atomic E-state index is 13.9. The van der Waals surface area contributed by atoms with Crippen LogP contribution >= 0.6 is 0 Å². The molecule has 1 saturated heterocycles. The molecule has 196 valence electrons. The molecule has 1 aliphatic heterocycles. The first-order chi connectivity index (χ1) is 16.6. The number of carboxylic acid groups (broad SMARTS) is 1. The molecule has 2 aliphatic rings. The number of likely N-dealkylation sites (tertiary alicyclic amines) is 1. The molecule has 3 rings (SSSR count). The minimum absolute atomic E-state index is 0.0555. The molecule has 2 fully saturated rings. The largest absolute Gasteiger partial charge is 0.497 e. The van der Waals surface area contributed by atoms with Crippen molar-refractivity contribution in [3.05, 3.63) is 29.8 Å². The molecule has 1 aromatic rings. The number of benzene rings is 1. The predicted octanol–water partition coefficient (Wildman–Crippen LogP) is 6.37. The van der Waals surface area contributed by atoms with Gasteiger partial charge in [0.05, 0.1) is 7.11 Å². The lowest BCUT2D eigenvalue weighted by Crippen LogP contribution is -2.67. The van der Waals surface area contributed by atoms with E-state index in [0.29, 0.717) is 12.3 Å². The Labute approximate surface area is 212 Å². The standard InChI is InChI=1S/C29H46N2O4/c1-6-7-11-18-29(23-12-9-8-10-13-23)20-30(21-29)26(32)25(31(27(33)34)28(2,3)4)19-22-14-16-24(35-5)17-15-22/h14-17,23,25H,6-13,18-21H2,1-5H3,(H,33,34). The van der Waals surface area contributed by atoms with Crippen LogP contribution in [-0.4, -0.2) is 58.7 Å². The lowest BCUT2D eigenvalue weighted by molar-refractivity contribution is -0.156. The van der Waals surface area contributed by atoms with Gasteiger partial charge in [0.2, 0.25) is 5.91 Å². The number of nitrogens with zero attached hydrogens (tertiary/aromatic N) is 2. The Kier molecular flexibility index (Phi) is 9.11. The molecule has 6 heteroatoms. The molecule has 1 aliphatic carbocycles. The van der Waals surface area contributed by atoms with Gasteiger partial charge in [-0.1, -0.05) is 57.6 Å². The van der Waals surface area contributed by atoms with Gasteiger partial charge in [0.25, 0.3) is 0 Å². The predicted molar refractivity (Wildman–Crippen MR) is 140 cm³/mol. The van der Waals surface area contributed by atoms with E-state index in [2.05, 4.69) is 6.92 Å². The third-order valence-electron chi connectivity index (χ3n) is 8.19. The van der Waals surface area contributed by atoms with Crippen molar-refractivity contribution in [1.82, 2.24) is 9.80 Å². The number of rotatable bonds is 10. The first-order valence-corrected chi connectivity index (χ1v) is 13.6. The van der Waals surface area contributed by atoms with Gasteiger partial charge in [-0.25, -0.2) is 4.79 Å². The molecular formula is C29H46N2O4. The van der Waals surface area contributed by atoms with Gasteiger partial charge >= 0.3 is 6.09 Å². The Morgan fingerprint density at radius 1 is 1.11 bits per heavy atom. The first kappa shape index (κ1) is 27.3. The molecule has 1 aromatic carbocycles. The second kappa shape index (κ2) is 11.7. The lowest BCUT2D eigenvalue weighted by atomic mass is 9.61.